The number of rotatable bonds is 10. The second-order valence-corrected chi connectivity index (χ2v) is 5.39. The van der Waals surface area contributed by atoms with E-state index < -0.39 is 12.1 Å². The number of carbonyl (C=O) groups excluding carboxylic acids is 3. The topological polar surface area (TPSA) is 125 Å². The van der Waals surface area contributed by atoms with E-state index in [1.54, 1.807) is 0 Å². The van der Waals surface area contributed by atoms with Crippen LogP contribution < -0.4 is 27.0 Å². The Labute approximate surface area is 132 Å². The molecule has 0 aliphatic rings. The molecule has 0 unspecified atom stereocenters. The van der Waals surface area contributed by atoms with E-state index in [2.05, 4.69) is 21.3 Å². The summed E-state index contributed by atoms with van der Waals surface area (Å²) in [5.74, 6) is -0.346. The lowest BCUT2D eigenvalue weighted by Crippen LogP contribution is -2.54. The minimum absolute atomic E-state index is 0.113. The highest BCUT2D eigenvalue weighted by Crippen LogP contribution is 2.04. The fraction of sp³-hybridized carbons (Fsp3) is 0.786. The zero-order chi connectivity index (χ0) is 17.1. The van der Waals surface area contributed by atoms with Gasteiger partial charge in [-0.15, -0.1) is 0 Å². The highest BCUT2D eigenvalue weighted by molar-refractivity contribution is 5.89. The fourth-order valence-corrected chi connectivity index (χ4v) is 2.07. The molecule has 0 aromatic rings. The summed E-state index contributed by atoms with van der Waals surface area (Å²) in [6.07, 6.45) is 0.956. The van der Waals surface area contributed by atoms with Crippen LogP contribution in [0.3, 0.4) is 0 Å². The minimum atomic E-state index is -0.632. The molecule has 0 fully saturated rings. The van der Waals surface area contributed by atoms with Gasteiger partial charge in [-0.2, -0.15) is 0 Å². The largest absolute Gasteiger partial charge is 0.357 e. The molecule has 0 aliphatic carbocycles. The van der Waals surface area contributed by atoms with E-state index in [9.17, 15) is 14.4 Å². The van der Waals surface area contributed by atoms with E-state index in [1.807, 2.05) is 20.8 Å². The highest BCUT2D eigenvalue weighted by Gasteiger charge is 2.26. The molecule has 0 spiro atoms. The Hall–Kier alpha value is -1.83. The van der Waals surface area contributed by atoms with E-state index in [1.165, 1.54) is 7.05 Å². The smallest absolute Gasteiger partial charge is 0.312 e. The summed E-state index contributed by atoms with van der Waals surface area (Å²) in [6, 6.07) is -1.58. The average molecular weight is 315 g/mol. The van der Waals surface area contributed by atoms with Crippen LogP contribution in [0.1, 0.15) is 33.6 Å². The van der Waals surface area contributed by atoms with Crippen molar-refractivity contribution in [3.63, 3.8) is 0 Å². The monoisotopic (exact) mass is 315 g/mol. The first kappa shape index (κ1) is 20.2. The predicted molar refractivity (Wildman–Crippen MR) is 85.1 cm³/mol. The molecule has 2 atom stereocenters. The summed E-state index contributed by atoms with van der Waals surface area (Å²) in [5.41, 5.74) is 4.98. The normalized spacial score (nSPS) is 13.3. The third kappa shape index (κ3) is 7.82. The Balaban J connectivity index is 4.59. The number of carbonyl (C=O) groups is 3. The van der Waals surface area contributed by atoms with Crippen LogP contribution >= 0.6 is 0 Å². The van der Waals surface area contributed by atoms with Crippen LogP contribution in [0.2, 0.25) is 0 Å². The Morgan fingerprint density at radius 3 is 2.23 bits per heavy atom. The van der Waals surface area contributed by atoms with Gasteiger partial charge in [-0.25, -0.2) is 4.79 Å². The standard InChI is InChI=1S/C14H29N5O3/c1-5-17-11(9(2)3)13(21)19-10(12(20)16-4)7-6-8-18-14(15)22/h9-11,17H,5-8H2,1-4H3,(H,16,20)(H,19,21)(H3,15,18,22)/t10-,11-/m1/s1. The van der Waals surface area contributed by atoms with Gasteiger partial charge in [0, 0.05) is 13.6 Å². The predicted octanol–water partition coefficient (Wildman–Crippen LogP) is -0.700. The summed E-state index contributed by atoms with van der Waals surface area (Å²) in [5, 5.41) is 10.9. The van der Waals surface area contributed by atoms with Crippen LogP contribution in [0.4, 0.5) is 4.79 Å². The zero-order valence-electron chi connectivity index (χ0n) is 13.9. The summed E-state index contributed by atoms with van der Waals surface area (Å²) in [7, 11) is 1.52. The molecule has 0 bridgehead atoms. The molecule has 0 aromatic carbocycles. The molecule has 8 heteroatoms. The molecular formula is C14H29N5O3. The van der Waals surface area contributed by atoms with Crippen molar-refractivity contribution >= 4 is 17.8 Å². The van der Waals surface area contributed by atoms with E-state index in [-0.39, 0.29) is 23.8 Å². The Bertz CT molecular complexity index is 373. The third-order valence-corrected chi connectivity index (χ3v) is 3.22. The molecule has 0 heterocycles. The van der Waals surface area contributed by atoms with Gasteiger partial charge in [0.2, 0.25) is 11.8 Å². The van der Waals surface area contributed by atoms with Crippen molar-refractivity contribution < 1.29 is 14.4 Å². The molecule has 0 saturated carbocycles. The van der Waals surface area contributed by atoms with Crippen molar-refractivity contribution in [1.82, 2.24) is 21.3 Å². The SMILES string of the molecule is CCN[C@@H](C(=O)N[C@H](CCCNC(N)=O)C(=O)NC)C(C)C. The van der Waals surface area contributed by atoms with Gasteiger partial charge < -0.3 is 27.0 Å². The van der Waals surface area contributed by atoms with Crippen molar-refractivity contribution in [2.45, 2.75) is 45.7 Å². The van der Waals surface area contributed by atoms with Crippen molar-refractivity contribution in [1.29, 1.82) is 0 Å². The summed E-state index contributed by atoms with van der Waals surface area (Å²) < 4.78 is 0. The lowest BCUT2D eigenvalue weighted by molar-refractivity contribution is -0.130. The molecule has 8 nitrogen and oxygen atoms in total. The van der Waals surface area contributed by atoms with E-state index in [4.69, 9.17) is 5.73 Å². The van der Waals surface area contributed by atoms with Crippen LogP contribution in [0.5, 0.6) is 0 Å². The zero-order valence-corrected chi connectivity index (χ0v) is 13.9. The van der Waals surface area contributed by atoms with Gasteiger partial charge in [0.25, 0.3) is 0 Å². The molecule has 128 valence electrons. The summed E-state index contributed by atoms with van der Waals surface area (Å²) in [4.78, 5) is 34.8. The highest BCUT2D eigenvalue weighted by atomic mass is 16.2. The van der Waals surface area contributed by atoms with Crippen molar-refractivity contribution in [2.75, 3.05) is 20.1 Å². The van der Waals surface area contributed by atoms with Gasteiger partial charge >= 0.3 is 6.03 Å². The first-order valence-electron chi connectivity index (χ1n) is 7.62. The summed E-state index contributed by atoms with van der Waals surface area (Å²) in [6.45, 7) is 6.84. The van der Waals surface area contributed by atoms with Gasteiger partial charge in [0.1, 0.15) is 6.04 Å². The minimum Gasteiger partial charge on any atom is -0.357 e. The Morgan fingerprint density at radius 1 is 1.14 bits per heavy atom. The van der Waals surface area contributed by atoms with Crippen LogP contribution in [-0.2, 0) is 9.59 Å². The maximum Gasteiger partial charge on any atom is 0.312 e. The quantitative estimate of drug-likeness (QED) is 0.342. The van der Waals surface area contributed by atoms with E-state index in [0.717, 1.165) is 0 Å². The molecule has 22 heavy (non-hydrogen) atoms. The third-order valence-electron chi connectivity index (χ3n) is 3.22. The second-order valence-electron chi connectivity index (χ2n) is 5.39. The van der Waals surface area contributed by atoms with Crippen LogP contribution in [0.15, 0.2) is 0 Å². The van der Waals surface area contributed by atoms with Gasteiger partial charge in [-0.05, 0) is 25.3 Å². The van der Waals surface area contributed by atoms with Crippen LogP contribution in [-0.4, -0.2) is 50.1 Å². The molecule has 0 rings (SSSR count). The van der Waals surface area contributed by atoms with Gasteiger partial charge in [0.15, 0.2) is 0 Å². The molecular weight excluding hydrogens is 286 g/mol. The molecule has 0 aliphatic heterocycles. The number of likely N-dealkylation sites (N-methyl/N-ethyl adjacent to an activating group) is 2. The molecule has 6 N–H and O–H groups in total. The van der Waals surface area contributed by atoms with Gasteiger partial charge in [-0.3, -0.25) is 9.59 Å². The van der Waals surface area contributed by atoms with Crippen LogP contribution in [0, 0.1) is 5.92 Å². The lowest BCUT2D eigenvalue weighted by atomic mass is 10.0. The van der Waals surface area contributed by atoms with E-state index >= 15 is 0 Å². The second kappa shape index (κ2) is 10.8. The van der Waals surface area contributed by atoms with Crippen molar-refractivity contribution in [3.05, 3.63) is 0 Å². The maximum atomic E-state index is 12.3. The number of nitrogens with two attached hydrogens (primary N) is 1. The first-order chi connectivity index (χ1) is 10.3. The molecule has 0 radical (unpaired) electrons. The fourth-order valence-electron chi connectivity index (χ4n) is 2.07. The number of nitrogens with one attached hydrogen (secondary N) is 4. The number of hydrogen-bond donors (Lipinski definition) is 5. The first-order valence-corrected chi connectivity index (χ1v) is 7.62. The van der Waals surface area contributed by atoms with Crippen molar-refractivity contribution in [2.24, 2.45) is 11.7 Å². The van der Waals surface area contributed by atoms with Gasteiger partial charge in [-0.1, -0.05) is 20.8 Å². The van der Waals surface area contributed by atoms with Crippen molar-refractivity contribution in [3.8, 4) is 0 Å². The number of hydrogen-bond acceptors (Lipinski definition) is 4. The number of primary amides is 1. The average Bonchev–Trinajstić information content (AvgIpc) is 2.46. The molecule has 0 aromatic heterocycles. The number of urea groups is 1. The molecule has 4 amide bonds. The molecule has 0 saturated heterocycles. The maximum absolute atomic E-state index is 12.3. The van der Waals surface area contributed by atoms with Crippen LogP contribution in [0.25, 0.3) is 0 Å². The van der Waals surface area contributed by atoms with E-state index in [0.29, 0.717) is 25.9 Å². The summed E-state index contributed by atoms with van der Waals surface area (Å²) >= 11 is 0. The lowest BCUT2D eigenvalue weighted by Gasteiger charge is -2.24. The Kier molecular flexibility index (Phi) is 9.93. The number of amides is 4. The van der Waals surface area contributed by atoms with Gasteiger partial charge in [0.05, 0.1) is 6.04 Å². The Morgan fingerprint density at radius 2 is 1.77 bits per heavy atom.